The molecule has 2 heterocycles. The van der Waals surface area contributed by atoms with Crippen LogP contribution in [-0.4, -0.2) is 99.1 Å². The number of hydrogen-bond acceptors (Lipinski definition) is 8. The van der Waals surface area contributed by atoms with E-state index in [1.54, 1.807) is 6.26 Å². The number of rotatable bonds is 7. The number of amides is 1. The van der Waals surface area contributed by atoms with Gasteiger partial charge in [0.1, 0.15) is 29.9 Å². The van der Waals surface area contributed by atoms with Crippen molar-refractivity contribution >= 4 is 30.1 Å². The van der Waals surface area contributed by atoms with E-state index in [1.165, 1.54) is 18.7 Å². The molecule has 0 saturated carbocycles. The number of thioether (sulfide) groups is 1. The van der Waals surface area contributed by atoms with Gasteiger partial charge in [-0.25, -0.2) is 0 Å². The Kier molecular flexibility index (Phi) is 10.5. The van der Waals surface area contributed by atoms with E-state index in [0.717, 1.165) is 25.8 Å². The minimum atomic E-state index is -1.42. The fraction of sp³-hybridized carbons (Fsp3) is 0.944. The molecule has 28 heavy (non-hydrogen) atoms. The maximum absolute atomic E-state index is 12.8. The summed E-state index contributed by atoms with van der Waals surface area (Å²) >= 11 is 1.20. The third-order valence-corrected chi connectivity index (χ3v) is 6.51. The average Bonchev–Trinajstić information content (AvgIpc) is 2.99. The summed E-state index contributed by atoms with van der Waals surface area (Å²) in [6.45, 7) is 4.48. The third kappa shape index (κ3) is 5.72. The lowest BCUT2D eigenvalue weighted by atomic mass is 9.92. The van der Waals surface area contributed by atoms with Crippen molar-refractivity contribution in [2.75, 3.05) is 19.8 Å². The quantitative estimate of drug-likeness (QED) is 0.360. The van der Waals surface area contributed by atoms with Crippen LogP contribution in [-0.2, 0) is 9.53 Å². The van der Waals surface area contributed by atoms with E-state index in [0.29, 0.717) is 5.92 Å². The number of halogens is 1. The molecule has 0 aromatic carbocycles. The lowest BCUT2D eigenvalue weighted by Gasteiger charge is -2.44. The van der Waals surface area contributed by atoms with E-state index in [-0.39, 0.29) is 24.4 Å². The summed E-state index contributed by atoms with van der Waals surface area (Å²) in [5.74, 6) is 0.245. The molecule has 0 radical (unpaired) electrons. The lowest BCUT2D eigenvalue weighted by molar-refractivity contribution is -0.211. The fourth-order valence-electron chi connectivity index (χ4n) is 4.13. The van der Waals surface area contributed by atoms with E-state index in [2.05, 4.69) is 12.2 Å². The van der Waals surface area contributed by atoms with Gasteiger partial charge in [0, 0.05) is 6.54 Å². The second-order valence-corrected chi connectivity index (χ2v) is 8.73. The monoisotopic (exact) mass is 442 g/mol. The molecule has 1 amide bonds. The highest BCUT2D eigenvalue weighted by atomic mass is 35.5. The first-order chi connectivity index (χ1) is 12.7. The zero-order valence-corrected chi connectivity index (χ0v) is 18.5. The number of carbonyl (C=O) groups is 1. The molecule has 1 unspecified atom stereocenters. The average molecular weight is 443 g/mol. The Labute approximate surface area is 177 Å². The Balaban J connectivity index is 0.00000392. The minimum Gasteiger partial charge on any atom is -0.391 e. The summed E-state index contributed by atoms with van der Waals surface area (Å²) in [5, 5.41) is 43.5. The number of likely N-dealkylation sites (tertiary alicyclic amines) is 1. The molecule has 9 atom stereocenters. The molecule has 0 aromatic rings. The van der Waals surface area contributed by atoms with Gasteiger partial charge in [-0.3, -0.25) is 9.69 Å². The molecule has 0 aliphatic carbocycles. The first-order valence-corrected chi connectivity index (χ1v) is 10.9. The highest BCUT2D eigenvalue weighted by Gasteiger charge is 2.48. The first kappa shape index (κ1) is 25.9. The van der Waals surface area contributed by atoms with Crippen LogP contribution < -0.4 is 5.32 Å². The van der Waals surface area contributed by atoms with Crippen LogP contribution in [0.3, 0.4) is 0 Å². The van der Waals surface area contributed by atoms with Gasteiger partial charge in [-0.1, -0.05) is 13.3 Å². The second-order valence-electron chi connectivity index (χ2n) is 7.80. The molecule has 8 nitrogen and oxygen atoms in total. The number of ether oxygens (including phenoxy) is 1. The predicted molar refractivity (Wildman–Crippen MR) is 110 cm³/mol. The minimum absolute atomic E-state index is 0. The van der Waals surface area contributed by atoms with E-state index in [4.69, 9.17) is 4.74 Å². The highest BCUT2D eigenvalue weighted by Crippen LogP contribution is 2.30. The molecular weight excluding hydrogens is 408 g/mol. The van der Waals surface area contributed by atoms with Gasteiger partial charge in [0.05, 0.1) is 18.2 Å². The lowest BCUT2D eigenvalue weighted by Crippen LogP contribution is -2.65. The van der Waals surface area contributed by atoms with Crippen LogP contribution in [0.5, 0.6) is 0 Å². The maximum Gasteiger partial charge on any atom is 0.237 e. The summed E-state index contributed by atoms with van der Waals surface area (Å²) in [6.07, 6.45) is -1.50. The molecular formula is C18H35ClN2O6S. The van der Waals surface area contributed by atoms with Crippen molar-refractivity contribution in [1.82, 2.24) is 10.2 Å². The van der Waals surface area contributed by atoms with Gasteiger partial charge in [-0.2, -0.15) is 0 Å². The Hall–Kier alpha value is -0.130. The maximum atomic E-state index is 12.8. The van der Waals surface area contributed by atoms with Crippen LogP contribution in [0.2, 0.25) is 0 Å². The SMILES string of the molecule is CCC[C@@H]1C[C@@H](C(=O)N[C@@H]([C@H]2O[C@H](SC)[C@H](O)C(O)[C@H]2O)[C@@H](C)O)N(C)C1.Cl. The van der Waals surface area contributed by atoms with E-state index in [9.17, 15) is 25.2 Å². The third-order valence-electron chi connectivity index (χ3n) is 5.66. The zero-order chi connectivity index (χ0) is 20.3. The van der Waals surface area contributed by atoms with Gasteiger partial charge in [0.15, 0.2) is 0 Å². The molecule has 5 N–H and O–H groups in total. The summed E-state index contributed by atoms with van der Waals surface area (Å²) in [5.41, 5.74) is -0.755. The zero-order valence-electron chi connectivity index (χ0n) is 16.9. The van der Waals surface area contributed by atoms with Crippen LogP contribution in [0.25, 0.3) is 0 Å². The van der Waals surface area contributed by atoms with Crippen molar-refractivity contribution in [1.29, 1.82) is 0 Å². The van der Waals surface area contributed by atoms with Gasteiger partial charge in [-0.15, -0.1) is 24.2 Å². The van der Waals surface area contributed by atoms with Crippen molar-refractivity contribution in [2.24, 2.45) is 5.92 Å². The molecule has 2 aliphatic rings. The number of nitrogens with zero attached hydrogens (tertiary/aromatic N) is 1. The van der Waals surface area contributed by atoms with Gasteiger partial charge >= 0.3 is 0 Å². The summed E-state index contributed by atoms with van der Waals surface area (Å²) in [7, 11) is 1.91. The van der Waals surface area contributed by atoms with Gasteiger partial charge < -0.3 is 30.5 Å². The first-order valence-electron chi connectivity index (χ1n) is 9.62. The van der Waals surface area contributed by atoms with Crippen molar-refractivity contribution in [2.45, 2.75) is 81.1 Å². The van der Waals surface area contributed by atoms with Crippen molar-refractivity contribution in [3.8, 4) is 0 Å². The van der Waals surface area contributed by atoms with E-state index < -0.39 is 42.0 Å². The largest absolute Gasteiger partial charge is 0.391 e. The van der Waals surface area contributed by atoms with Gasteiger partial charge in [0.2, 0.25) is 5.91 Å². The fourth-order valence-corrected chi connectivity index (χ4v) is 4.81. The van der Waals surface area contributed by atoms with Gasteiger partial charge in [-0.05, 0) is 39.0 Å². The second kappa shape index (κ2) is 11.3. The number of likely N-dealkylation sites (N-methyl/N-ethyl adjacent to an activating group) is 1. The highest BCUT2D eigenvalue weighted by molar-refractivity contribution is 7.99. The van der Waals surface area contributed by atoms with Crippen LogP contribution in [0.4, 0.5) is 0 Å². The number of hydrogen-bond donors (Lipinski definition) is 5. The summed E-state index contributed by atoms with van der Waals surface area (Å²) in [6, 6.07) is -1.20. The molecule has 166 valence electrons. The number of nitrogens with one attached hydrogen (secondary N) is 1. The topological polar surface area (TPSA) is 122 Å². The van der Waals surface area contributed by atoms with Crippen LogP contribution in [0.15, 0.2) is 0 Å². The molecule has 2 rings (SSSR count). The number of aliphatic hydroxyl groups excluding tert-OH is 4. The Morgan fingerprint density at radius 1 is 1.29 bits per heavy atom. The normalized spacial score (nSPS) is 38.5. The standard InChI is InChI=1S/C18H34N2O6S.ClH/c1-5-6-10-7-11(20(3)8-10)17(25)19-12(9(2)21)16-14(23)13(22)15(24)18(26-16)27-4;/h9-16,18,21-24H,5-8H2,1-4H3,(H,19,25);1H/t9-,10-,11+,12-,13?,14-,15-,16-,18-;/m1./s1. The summed E-state index contributed by atoms with van der Waals surface area (Å²) < 4.78 is 5.72. The smallest absolute Gasteiger partial charge is 0.237 e. The van der Waals surface area contributed by atoms with Gasteiger partial charge in [0.25, 0.3) is 0 Å². The molecule has 2 saturated heterocycles. The van der Waals surface area contributed by atoms with Crippen LogP contribution in [0, 0.1) is 5.92 Å². The number of carbonyl (C=O) groups excluding carboxylic acids is 1. The van der Waals surface area contributed by atoms with Crippen molar-refractivity contribution < 1.29 is 30.0 Å². The number of aliphatic hydroxyl groups is 4. The van der Waals surface area contributed by atoms with Crippen molar-refractivity contribution in [3.63, 3.8) is 0 Å². The molecule has 2 fully saturated rings. The molecule has 2 aliphatic heterocycles. The van der Waals surface area contributed by atoms with E-state index >= 15 is 0 Å². The molecule has 0 spiro atoms. The van der Waals surface area contributed by atoms with Crippen LogP contribution in [0.1, 0.15) is 33.1 Å². The Morgan fingerprint density at radius 3 is 2.46 bits per heavy atom. The van der Waals surface area contributed by atoms with Crippen LogP contribution >= 0.6 is 24.2 Å². The molecule has 0 aromatic heterocycles. The van der Waals surface area contributed by atoms with Crippen molar-refractivity contribution in [3.05, 3.63) is 0 Å². The predicted octanol–water partition coefficient (Wildman–Crippen LogP) is -0.435. The molecule has 0 bridgehead atoms. The Bertz CT molecular complexity index is 501. The summed E-state index contributed by atoms with van der Waals surface area (Å²) in [4.78, 5) is 14.9. The molecule has 10 heteroatoms. The van der Waals surface area contributed by atoms with E-state index in [1.807, 2.05) is 11.9 Å². The Morgan fingerprint density at radius 2 is 1.93 bits per heavy atom.